The van der Waals surface area contributed by atoms with Gasteiger partial charge in [0.1, 0.15) is 12.1 Å². The van der Waals surface area contributed by atoms with Crippen molar-refractivity contribution < 1.29 is 0 Å². The molecule has 5 nitrogen and oxygen atoms in total. The third-order valence-electron chi connectivity index (χ3n) is 5.40. The molecule has 0 N–H and O–H groups in total. The molecule has 5 rings (SSSR count). The molecular weight excluding hydrogens is 286 g/mol. The largest absolute Gasteiger partial charge is 0.353 e. The second-order valence-corrected chi connectivity index (χ2v) is 6.80. The Hall–Kier alpha value is -2.01. The van der Waals surface area contributed by atoms with Gasteiger partial charge in [-0.15, -0.1) is 0 Å². The van der Waals surface area contributed by atoms with Crippen molar-refractivity contribution in [1.82, 2.24) is 19.9 Å². The van der Waals surface area contributed by atoms with Crippen LogP contribution in [-0.4, -0.2) is 45.0 Å². The number of piperidine rings is 1. The van der Waals surface area contributed by atoms with Crippen molar-refractivity contribution in [3.05, 3.63) is 47.2 Å². The Balaban J connectivity index is 1.48. The van der Waals surface area contributed by atoms with Crippen LogP contribution in [0.4, 0.5) is 5.82 Å². The summed E-state index contributed by atoms with van der Waals surface area (Å²) in [5.74, 6) is 1.11. The molecule has 2 atom stereocenters. The van der Waals surface area contributed by atoms with E-state index < -0.39 is 0 Å². The highest BCUT2D eigenvalue weighted by Gasteiger charge is 2.45. The lowest BCUT2D eigenvalue weighted by molar-refractivity contribution is -0.00988. The highest BCUT2D eigenvalue weighted by molar-refractivity contribution is 5.49. The molecule has 2 bridgehead atoms. The molecule has 120 valence electrons. The first kappa shape index (κ1) is 14.6. The van der Waals surface area contributed by atoms with E-state index in [2.05, 4.69) is 51.6 Å². The first-order valence-electron chi connectivity index (χ1n) is 8.33. The number of nitrogens with zero attached hydrogens (tertiary/aromatic N) is 5. The molecule has 0 amide bonds. The van der Waals surface area contributed by atoms with Crippen LogP contribution in [0, 0.1) is 20.8 Å². The minimum absolute atomic E-state index is 0.616. The minimum Gasteiger partial charge on any atom is -0.353 e. The molecule has 0 spiro atoms. The Bertz CT molecular complexity index is 717. The topological polar surface area (TPSA) is 45.2 Å². The van der Waals surface area contributed by atoms with Crippen LogP contribution in [0.2, 0.25) is 0 Å². The maximum atomic E-state index is 4.55. The molecule has 0 aliphatic carbocycles. The van der Waals surface area contributed by atoms with Gasteiger partial charge in [-0.2, -0.15) is 0 Å². The van der Waals surface area contributed by atoms with E-state index in [0.29, 0.717) is 12.1 Å². The molecule has 3 saturated heterocycles. The Morgan fingerprint density at radius 1 is 1.09 bits per heavy atom. The molecule has 0 aromatic carbocycles. The second kappa shape index (κ2) is 5.57. The van der Waals surface area contributed by atoms with Gasteiger partial charge in [0, 0.05) is 49.2 Å². The molecule has 2 aromatic rings. The average molecular weight is 309 g/mol. The summed E-state index contributed by atoms with van der Waals surface area (Å²) in [5, 5.41) is 0. The highest BCUT2D eigenvalue weighted by Crippen LogP contribution is 2.36. The number of pyridine rings is 1. The molecule has 2 unspecified atom stereocenters. The van der Waals surface area contributed by atoms with Gasteiger partial charge in [0.05, 0.1) is 5.69 Å². The number of rotatable bonds is 3. The van der Waals surface area contributed by atoms with Crippen LogP contribution >= 0.6 is 0 Å². The molecule has 5 heteroatoms. The summed E-state index contributed by atoms with van der Waals surface area (Å²) in [7, 11) is 0. The van der Waals surface area contributed by atoms with E-state index in [1.54, 1.807) is 6.33 Å². The van der Waals surface area contributed by atoms with Gasteiger partial charge in [0.25, 0.3) is 0 Å². The normalized spacial score (nSPS) is 23.7. The summed E-state index contributed by atoms with van der Waals surface area (Å²) in [4.78, 5) is 18.4. The molecular formula is C18H23N5. The lowest BCUT2D eigenvalue weighted by Gasteiger charge is -2.56. The van der Waals surface area contributed by atoms with Gasteiger partial charge in [-0.05, 0) is 38.8 Å². The number of hydrogen-bond acceptors (Lipinski definition) is 5. The van der Waals surface area contributed by atoms with E-state index >= 15 is 0 Å². The average Bonchev–Trinajstić information content (AvgIpc) is 2.56. The fourth-order valence-corrected chi connectivity index (χ4v) is 3.82. The summed E-state index contributed by atoms with van der Waals surface area (Å²) >= 11 is 0. The van der Waals surface area contributed by atoms with Crippen molar-refractivity contribution in [1.29, 1.82) is 0 Å². The smallest absolute Gasteiger partial charge is 0.135 e. The summed E-state index contributed by atoms with van der Waals surface area (Å²) in [6.45, 7) is 9.41. The molecule has 3 aliphatic rings. The van der Waals surface area contributed by atoms with E-state index in [9.17, 15) is 0 Å². The maximum Gasteiger partial charge on any atom is 0.135 e. The third-order valence-corrected chi connectivity index (χ3v) is 5.40. The second-order valence-electron chi connectivity index (χ2n) is 6.80. The Morgan fingerprint density at radius 3 is 2.61 bits per heavy atom. The summed E-state index contributed by atoms with van der Waals surface area (Å²) in [6.07, 6.45) is 4.88. The lowest BCUT2D eigenvalue weighted by atomic mass is 9.86. The molecule has 23 heavy (non-hydrogen) atoms. The van der Waals surface area contributed by atoms with Crippen LogP contribution in [0.5, 0.6) is 0 Å². The van der Waals surface area contributed by atoms with Gasteiger partial charge in [0.2, 0.25) is 0 Å². The van der Waals surface area contributed by atoms with Crippen molar-refractivity contribution in [3.8, 4) is 0 Å². The van der Waals surface area contributed by atoms with E-state index in [4.69, 9.17) is 0 Å². The van der Waals surface area contributed by atoms with E-state index in [1.165, 1.54) is 23.2 Å². The summed E-state index contributed by atoms with van der Waals surface area (Å²) in [5.41, 5.74) is 4.79. The maximum absolute atomic E-state index is 4.55. The predicted molar refractivity (Wildman–Crippen MR) is 90.4 cm³/mol. The van der Waals surface area contributed by atoms with Gasteiger partial charge in [0.15, 0.2) is 0 Å². The zero-order valence-electron chi connectivity index (χ0n) is 14.0. The van der Waals surface area contributed by atoms with Gasteiger partial charge in [-0.1, -0.05) is 6.07 Å². The predicted octanol–water partition coefficient (Wildman–Crippen LogP) is 2.26. The van der Waals surface area contributed by atoms with Crippen LogP contribution in [0.25, 0.3) is 0 Å². The lowest BCUT2D eigenvalue weighted by Crippen LogP contribution is -2.68. The van der Waals surface area contributed by atoms with E-state index in [1.807, 2.05) is 12.3 Å². The monoisotopic (exact) mass is 309 g/mol. The Morgan fingerprint density at radius 2 is 1.87 bits per heavy atom. The number of anilines is 1. The quantitative estimate of drug-likeness (QED) is 0.870. The number of fused-ring (bicyclic) bond motifs is 2. The van der Waals surface area contributed by atoms with Gasteiger partial charge < -0.3 is 4.90 Å². The highest BCUT2D eigenvalue weighted by atomic mass is 15.4. The molecule has 2 aromatic heterocycles. The van der Waals surface area contributed by atoms with Gasteiger partial charge in [-0.25, -0.2) is 9.97 Å². The van der Waals surface area contributed by atoms with Gasteiger partial charge in [-0.3, -0.25) is 9.88 Å². The SMILES string of the molecule is Cc1cccnc1CN1C2CC1CN(c1ncnc(C)c1C)C2. The van der Waals surface area contributed by atoms with Crippen molar-refractivity contribution in [2.75, 3.05) is 18.0 Å². The van der Waals surface area contributed by atoms with Crippen molar-refractivity contribution in [3.63, 3.8) is 0 Å². The molecule has 0 saturated carbocycles. The Labute approximate surface area is 137 Å². The van der Waals surface area contributed by atoms with Crippen molar-refractivity contribution in [2.24, 2.45) is 0 Å². The standard InChI is InChI=1S/C18H23N5/c1-12-5-4-6-19-17(12)10-23-15-7-16(23)9-22(8-15)18-13(2)14(3)20-11-21-18/h4-6,11,15-16H,7-10H2,1-3H3. The third kappa shape index (κ3) is 2.49. The summed E-state index contributed by atoms with van der Waals surface area (Å²) < 4.78 is 0. The fraction of sp³-hybridized carbons (Fsp3) is 0.500. The number of piperazine rings is 1. The first-order valence-corrected chi connectivity index (χ1v) is 8.33. The van der Waals surface area contributed by atoms with Crippen LogP contribution < -0.4 is 4.90 Å². The zero-order valence-corrected chi connectivity index (χ0v) is 14.0. The summed E-state index contributed by atoms with van der Waals surface area (Å²) in [6, 6.07) is 5.39. The molecule has 3 fully saturated rings. The number of aromatic nitrogens is 3. The molecule has 3 aliphatic heterocycles. The number of hydrogen-bond donors (Lipinski definition) is 0. The first-order chi connectivity index (χ1) is 11.1. The zero-order chi connectivity index (χ0) is 16.0. The Kier molecular flexibility index (Phi) is 3.53. The van der Waals surface area contributed by atoms with Crippen LogP contribution in [-0.2, 0) is 6.54 Å². The fourth-order valence-electron chi connectivity index (χ4n) is 3.82. The van der Waals surface area contributed by atoms with E-state index in [0.717, 1.165) is 31.1 Å². The van der Waals surface area contributed by atoms with Crippen LogP contribution in [0.3, 0.4) is 0 Å². The van der Waals surface area contributed by atoms with Crippen molar-refractivity contribution >= 4 is 5.82 Å². The minimum atomic E-state index is 0.616. The van der Waals surface area contributed by atoms with Crippen LogP contribution in [0.1, 0.15) is 28.9 Å². The van der Waals surface area contributed by atoms with Crippen molar-refractivity contribution in [2.45, 2.75) is 45.8 Å². The molecule has 0 radical (unpaired) electrons. The van der Waals surface area contributed by atoms with Gasteiger partial charge >= 0.3 is 0 Å². The van der Waals surface area contributed by atoms with E-state index in [-0.39, 0.29) is 0 Å². The van der Waals surface area contributed by atoms with Crippen LogP contribution in [0.15, 0.2) is 24.7 Å². The number of aryl methyl sites for hydroxylation is 2. The molecule has 5 heterocycles.